The molecule has 1 heterocycles. The Bertz CT molecular complexity index is 512. The smallest absolute Gasteiger partial charge is 0.375 e. The van der Waals surface area contributed by atoms with E-state index in [2.05, 4.69) is 21.2 Å². The van der Waals surface area contributed by atoms with Crippen molar-refractivity contribution in [1.29, 1.82) is 0 Å². The van der Waals surface area contributed by atoms with Crippen LogP contribution in [0.5, 0.6) is 5.75 Å². The fourth-order valence-electron chi connectivity index (χ4n) is 1.84. The number of rotatable bonds is 5. The molecule has 108 valence electrons. The fourth-order valence-corrected chi connectivity index (χ4v) is 2.26. The third kappa shape index (κ3) is 3.07. The van der Waals surface area contributed by atoms with E-state index < -0.39 is 12.2 Å². The number of esters is 1. The summed E-state index contributed by atoms with van der Waals surface area (Å²) < 4.78 is 15.8. The van der Waals surface area contributed by atoms with Gasteiger partial charge in [-0.2, -0.15) is 0 Å². The van der Waals surface area contributed by atoms with E-state index in [1.54, 1.807) is 14.0 Å². The van der Waals surface area contributed by atoms with Gasteiger partial charge in [0.1, 0.15) is 5.75 Å². The molecule has 0 saturated heterocycles. The SMILES string of the molecule is CCOC(=O)C1=C(CBr)NC(c2ccc(OC)cc2)O1. The summed E-state index contributed by atoms with van der Waals surface area (Å²) in [5.41, 5.74) is 1.59. The van der Waals surface area contributed by atoms with Crippen LogP contribution in [0, 0.1) is 0 Å². The molecule has 0 spiro atoms. The Kier molecular flexibility index (Phi) is 4.89. The lowest BCUT2D eigenvalue weighted by Crippen LogP contribution is -2.16. The first-order chi connectivity index (χ1) is 9.69. The maximum atomic E-state index is 11.8. The lowest BCUT2D eigenvalue weighted by Gasteiger charge is -2.13. The van der Waals surface area contributed by atoms with Gasteiger partial charge in [-0.1, -0.05) is 15.9 Å². The van der Waals surface area contributed by atoms with Crippen LogP contribution in [0.3, 0.4) is 0 Å². The van der Waals surface area contributed by atoms with E-state index >= 15 is 0 Å². The number of carbonyl (C=O) groups is 1. The van der Waals surface area contributed by atoms with Crippen LogP contribution in [-0.2, 0) is 14.3 Å². The third-order valence-corrected chi connectivity index (χ3v) is 3.39. The molecule has 0 saturated carbocycles. The number of alkyl halides is 1. The molecule has 0 fully saturated rings. The Morgan fingerprint density at radius 1 is 1.40 bits per heavy atom. The van der Waals surface area contributed by atoms with Gasteiger partial charge in [0, 0.05) is 10.9 Å². The normalized spacial score (nSPS) is 17.4. The second-order valence-corrected chi connectivity index (χ2v) is 4.64. The van der Waals surface area contributed by atoms with E-state index in [1.807, 2.05) is 24.3 Å². The molecule has 1 N–H and O–H groups in total. The Hall–Kier alpha value is -1.69. The Labute approximate surface area is 126 Å². The summed E-state index contributed by atoms with van der Waals surface area (Å²) in [6, 6.07) is 7.46. The maximum Gasteiger partial charge on any atom is 0.375 e. The van der Waals surface area contributed by atoms with E-state index in [-0.39, 0.29) is 5.76 Å². The van der Waals surface area contributed by atoms with E-state index in [1.165, 1.54) is 0 Å². The van der Waals surface area contributed by atoms with Crippen molar-refractivity contribution < 1.29 is 19.0 Å². The lowest BCUT2D eigenvalue weighted by molar-refractivity contribution is -0.143. The first-order valence-corrected chi connectivity index (χ1v) is 7.35. The number of benzene rings is 1. The van der Waals surface area contributed by atoms with Crippen LogP contribution in [0.15, 0.2) is 35.7 Å². The zero-order chi connectivity index (χ0) is 14.5. The highest BCUT2D eigenvalue weighted by molar-refractivity contribution is 9.09. The van der Waals surface area contributed by atoms with Crippen molar-refractivity contribution in [3.63, 3.8) is 0 Å². The molecule has 1 aromatic rings. The molecule has 2 rings (SSSR count). The number of halogens is 1. The van der Waals surface area contributed by atoms with Crippen LogP contribution in [0.25, 0.3) is 0 Å². The Balaban J connectivity index is 2.12. The molecule has 1 aromatic carbocycles. The summed E-state index contributed by atoms with van der Waals surface area (Å²) in [5, 5.41) is 3.65. The summed E-state index contributed by atoms with van der Waals surface area (Å²) in [6.07, 6.45) is -0.395. The van der Waals surface area contributed by atoms with Gasteiger partial charge in [0.15, 0.2) is 6.23 Å². The van der Waals surface area contributed by atoms with Crippen LogP contribution in [0.1, 0.15) is 18.7 Å². The quantitative estimate of drug-likeness (QED) is 0.658. The van der Waals surface area contributed by atoms with Crippen molar-refractivity contribution in [1.82, 2.24) is 5.32 Å². The molecule has 0 radical (unpaired) electrons. The molecule has 1 atom stereocenters. The standard InChI is InChI=1S/C14H16BrNO4/c1-3-19-14(17)12-11(8-15)16-13(20-12)9-4-6-10(18-2)7-5-9/h4-7,13,16H,3,8H2,1-2H3. The molecule has 0 bridgehead atoms. The summed E-state index contributed by atoms with van der Waals surface area (Å²) in [6.45, 7) is 2.07. The number of hydrogen-bond donors (Lipinski definition) is 1. The van der Waals surface area contributed by atoms with Gasteiger partial charge in [0.2, 0.25) is 5.76 Å². The lowest BCUT2D eigenvalue weighted by atomic mass is 10.2. The topological polar surface area (TPSA) is 56.8 Å². The molecule has 1 aliphatic rings. The summed E-state index contributed by atoms with van der Waals surface area (Å²) in [4.78, 5) is 11.8. The van der Waals surface area contributed by atoms with E-state index in [0.717, 1.165) is 11.3 Å². The Morgan fingerprint density at radius 2 is 2.10 bits per heavy atom. The molecular weight excluding hydrogens is 326 g/mol. The predicted molar refractivity (Wildman–Crippen MR) is 77.4 cm³/mol. The number of carbonyl (C=O) groups excluding carboxylic acids is 1. The minimum atomic E-state index is -0.453. The van der Waals surface area contributed by atoms with Gasteiger partial charge < -0.3 is 19.5 Å². The predicted octanol–water partition coefficient (Wildman–Crippen LogP) is 2.48. The average molecular weight is 342 g/mol. The van der Waals surface area contributed by atoms with Gasteiger partial charge in [0.25, 0.3) is 0 Å². The molecular formula is C14H16BrNO4. The first kappa shape index (κ1) is 14.7. The van der Waals surface area contributed by atoms with E-state index in [0.29, 0.717) is 17.6 Å². The Morgan fingerprint density at radius 3 is 2.65 bits per heavy atom. The number of allylic oxidation sites excluding steroid dienone is 1. The molecule has 1 aliphatic heterocycles. The van der Waals surface area contributed by atoms with Crippen molar-refractivity contribution in [2.75, 3.05) is 19.0 Å². The van der Waals surface area contributed by atoms with E-state index in [9.17, 15) is 4.79 Å². The van der Waals surface area contributed by atoms with Crippen molar-refractivity contribution in [2.24, 2.45) is 0 Å². The number of methoxy groups -OCH3 is 1. The van der Waals surface area contributed by atoms with Crippen molar-refractivity contribution >= 4 is 21.9 Å². The molecule has 5 nitrogen and oxygen atoms in total. The highest BCUT2D eigenvalue weighted by Crippen LogP contribution is 2.29. The molecule has 6 heteroatoms. The van der Waals surface area contributed by atoms with Gasteiger partial charge >= 0.3 is 5.97 Å². The zero-order valence-electron chi connectivity index (χ0n) is 11.3. The van der Waals surface area contributed by atoms with Crippen LogP contribution < -0.4 is 10.1 Å². The summed E-state index contributed by atoms with van der Waals surface area (Å²) in [7, 11) is 1.61. The minimum absolute atomic E-state index is 0.226. The van der Waals surface area contributed by atoms with Crippen LogP contribution in [0.2, 0.25) is 0 Å². The van der Waals surface area contributed by atoms with Crippen molar-refractivity contribution in [2.45, 2.75) is 13.2 Å². The van der Waals surface area contributed by atoms with Crippen LogP contribution in [-0.4, -0.2) is 25.0 Å². The van der Waals surface area contributed by atoms with Gasteiger partial charge in [-0.3, -0.25) is 0 Å². The number of ether oxygens (including phenoxy) is 3. The molecule has 1 unspecified atom stereocenters. The van der Waals surface area contributed by atoms with Crippen LogP contribution in [0.4, 0.5) is 0 Å². The second-order valence-electron chi connectivity index (χ2n) is 4.08. The van der Waals surface area contributed by atoms with Gasteiger partial charge in [-0.05, 0) is 31.2 Å². The molecule has 0 amide bonds. The molecule has 0 aromatic heterocycles. The average Bonchev–Trinajstić information content (AvgIpc) is 2.92. The summed E-state index contributed by atoms with van der Waals surface area (Å²) >= 11 is 3.33. The van der Waals surface area contributed by atoms with Crippen LogP contribution >= 0.6 is 15.9 Å². The molecule has 0 aliphatic carbocycles. The fraction of sp³-hybridized carbons (Fsp3) is 0.357. The first-order valence-electron chi connectivity index (χ1n) is 6.23. The third-order valence-electron chi connectivity index (χ3n) is 2.83. The second kappa shape index (κ2) is 6.65. The maximum absolute atomic E-state index is 11.8. The number of hydrogen-bond acceptors (Lipinski definition) is 5. The molecule has 20 heavy (non-hydrogen) atoms. The van der Waals surface area contributed by atoms with E-state index in [4.69, 9.17) is 14.2 Å². The van der Waals surface area contributed by atoms with Crippen molar-refractivity contribution in [3.8, 4) is 5.75 Å². The highest BCUT2D eigenvalue weighted by atomic mass is 79.9. The highest BCUT2D eigenvalue weighted by Gasteiger charge is 2.30. The number of nitrogens with one attached hydrogen (secondary N) is 1. The zero-order valence-corrected chi connectivity index (χ0v) is 12.9. The largest absolute Gasteiger partial charge is 0.497 e. The monoisotopic (exact) mass is 341 g/mol. The van der Waals surface area contributed by atoms with Gasteiger partial charge in [-0.25, -0.2) is 4.79 Å². The minimum Gasteiger partial charge on any atom is -0.497 e. The summed E-state index contributed by atoms with van der Waals surface area (Å²) in [5.74, 6) is 0.543. The van der Waals surface area contributed by atoms with Crippen molar-refractivity contribution in [3.05, 3.63) is 41.3 Å². The van der Waals surface area contributed by atoms with Gasteiger partial charge in [0.05, 0.1) is 19.4 Å². The van der Waals surface area contributed by atoms with Gasteiger partial charge in [-0.15, -0.1) is 0 Å².